The zero-order chi connectivity index (χ0) is 16.7. The average Bonchev–Trinajstić information content (AvgIpc) is 2.55. The molecule has 1 atom stereocenters. The minimum atomic E-state index is -0.171. The fourth-order valence-corrected chi connectivity index (χ4v) is 2.91. The summed E-state index contributed by atoms with van der Waals surface area (Å²) < 4.78 is 5.59. The summed E-state index contributed by atoms with van der Waals surface area (Å²) in [5, 5.41) is 3.41. The van der Waals surface area contributed by atoms with Crippen molar-refractivity contribution in [3.63, 3.8) is 0 Å². The van der Waals surface area contributed by atoms with Gasteiger partial charge in [0.2, 0.25) is 5.91 Å². The Hall–Kier alpha value is -1.65. The summed E-state index contributed by atoms with van der Waals surface area (Å²) in [4.78, 5) is 13.1. The Bertz CT molecular complexity index is 628. The summed E-state index contributed by atoms with van der Waals surface area (Å²) in [6.07, 6.45) is 0. The molecule has 0 radical (unpaired) electrons. The Labute approximate surface area is 146 Å². The Kier molecular flexibility index (Phi) is 6.81. The summed E-state index contributed by atoms with van der Waals surface area (Å²) in [6, 6.07) is 15.3. The molecule has 0 heterocycles. The van der Waals surface area contributed by atoms with Crippen LogP contribution in [0.25, 0.3) is 0 Å². The van der Waals surface area contributed by atoms with E-state index in [1.807, 2.05) is 62.4 Å². The lowest BCUT2D eigenvalue weighted by Crippen LogP contribution is -2.33. The number of carbonyl (C=O) groups excluding carboxylic acids is 1. The normalized spacial score (nSPS) is 11.8. The first-order valence-corrected chi connectivity index (χ1v) is 8.70. The molecule has 0 saturated heterocycles. The molecule has 0 unspecified atom stereocenters. The average molecular weight is 350 g/mol. The molecule has 2 rings (SSSR count). The number of halogens is 1. The predicted molar refractivity (Wildman–Crippen MR) is 96.5 cm³/mol. The van der Waals surface area contributed by atoms with E-state index < -0.39 is 0 Å². The number of ether oxygens (including phenoxy) is 1. The first-order chi connectivity index (χ1) is 11.0. The maximum atomic E-state index is 12.1. The van der Waals surface area contributed by atoms with Crippen LogP contribution in [-0.4, -0.2) is 24.3 Å². The first kappa shape index (κ1) is 17.7. The molecule has 2 aromatic rings. The van der Waals surface area contributed by atoms with Gasteiger partial charge in [-0.2, -0.15) is 0 Å². The fraction of sp³-hybridized carbons (Fsp3) is 0.278. The highest BCUT2D eigenvalue weighted by atomic mass is 35.5. The number of rotatable bonds is 7. The third-order valence-corrected chi connectivity index (χ3v) is 4.55. The standard InChI is InChI=1S/C18H20ClNO2S/c1-13-3-7-16(8-4-13)22-12-11-20-18(21)14(2)23-17-9-5-15(19)6-10-17/h3-10,14H,11-12H2,1-2H3,(H,20,21)/t14-/m0/s1. The number of nitrogens with one attached hydrogen (secondary N) is 1. The van der Waals surface area contributed by atoms with E-state index in [0.717, 1.165) is 10.6 Å². The van der Waals surface area contributed by atoms with Crippen LogP contribution >= 0.6 is 23.4 Å². The van der Waals surface area contributed by atoms with E-state index in [9.17, 15) is 4.79 Å². The summed E-state index contributed by atoms with van der Waals surface area (Å²) in [5.41, 5.74) is 1.19. The molecule has 1 amide bonds. The first-order valence-electron chi connectivity index (χ1n) is 7.44. The van der Waals surface area contributed by atoms with Gasteiger partial charge in [-0.25, -0.2) is 0 Å². The molecule has 0 aliphatic carbocycles. The number of aryl methyl sites for hydroxylation is 1. The number of hydrogen-bond donors (Lipinski definition) is 1. The molecule has 0 aliphatic rings. The fourth-order valence-electron chi connectivity index (χ4n) is 1.89. The summed E-state index contributed by atoms with van der Waals surface area (Å²) in [6.45, 7) is 4.85. The topological polar surface area (TPSA) is 38.3 Å². The van der Waals surface area contributed by atoms with Crippen molar-refractivity contribution in [3.05, 3.63) is 59.1 Å². The Morgan fingerprint density at radius 2 is 1.83 bits per heavy atom. The third kappa shape index (κ3) is 6.16. The molecular weight excluding hydrogens is 330 g/mol. The third-order valence-electron chi connectivity index (χ3n) is 3.19. The highest BCUT2D eigenvalue weighted by Gasteiger charge is 2.13. The van der Waals surface area contributed by atoms with Gasteiger partial charge in [0.1, 0.15) is 12.4 Å². The number of hydrogen-bond acceptors (Lipinski definition) is 3. The molecule has 0 aliphatic heterocycles. The van der Waals surface area contributed by atoms with Gasteiger partial charge in [-0.05, 0) is 50.2 Å². The molecular formula is C18H20ClNO2S. The number of amides is 1. The molecule has 2 aromatic carbocycles. The predicted octanol–water partition coefficient (Wildman–Crippen LogP) is 4.32. The molecule has 1 N–H and O–H groups in total. The van der Waals surface area contributed by atoms with Crippen molar-refractivity contribution in [2.24, 2.45) is 0 Å². The summed E-state index contributed by atoms with van der Waals surface area (Å²) >= 11 is 7.36. The van der Waals surface area contributed by atoms with Crippen molar-refractivity contribution in [2.45, 2.75) is 24.0 Å². The van der Waals surface area contributed by atoms with Crippen molar-refractivity contribution in [3.8, 4) is 5.75 Å². The number of benzene rings is 2. The van der Waals surface area contributed by atoms with Gasteiger partial charge < -0.3 is 10.1 Å². The molecule has 0 aromatic heterocycles. The van der Waals surface area contributed by atoms with Crippen molar-refractivity contribution >= 4 is 29.3 Å². The zero-order valence-electron chi connectivity index (χ0n) is 13.2. The molecule has 3 nitrogen and oxygen atoms in total. The second kappa shape index (κ2) is 8.85. The molecule has 0 spiro atoms. The van der Waals surface area contributed by atoms with Gasteiger partial charge in [-0.1, -0.05) is 29.3 Å². The van der Waals surface area contributed by atoms with Crippen LogP contribution in [0.1, 0.15) is 12.5 Å². The Morgan fingerprint density at radius 3 is 2.48 bits per heavy atom. The van der Waals surface area contributed by atoms with E-state index >= 15 is 0 Å². The van der Waals surface area contributed by atoms with Crippen LogP contribution in [0.15, 0.2) is 53.4 Å². The van der Waals surface area contributed by atoms with E-state index in [1.54, 1.807) is 0 Å². The smallest absolute Gasteiger partial charge is 0.233 e. The molecule has 0 saturated carbocycles. The molecule has 0 bridgehead atoms. The lowest BCUT2D eigenvalue weighted by Gasteiger charge is -2.12. The van der Waals surface area contributed by atoms with Crippen LogP contribution in [-0.2, 0) is 4.79 Å². The van der Waals surface area contributed by atoms with Gasteiger partial charge >= 0.3 is 0 Å². The van der Waals surface area contributed by atoms with E-state index in [0.29, 0.717) is 18.2 Å². The van der Waals surface area contributed by atoms with Crippen molar-refractivity contribution in [1.82, 2.24) is 5.32 Å². The molecule has 122 valence electrons. The number of thioether (sulfide) groups is 1. The van der Waals surface area contributed by atoms with Crippen LogP contribution in [0.3, 0.4) is 0 Å². The van der Waals surface area contributed by atoms with Gasteiger partial charge in [0.15, 0.2) is 0 Å². The van der Waals surface area contributed by atoms with E-state index in [1.165, 1.54) is 17.3 Å². The SMILES string of the molecule is Cc1ccc(OCCNC(=O)[C@H](C)Sc2ccc(Cl)cc2)cc1. The number of carbonyl (C=O) groups is 1. The lowest BCUT2D eigenvalue weighted by atomic mass is 10.2. The van der Waals surface area contributed by atoms with Crippen LogP contribution in [0, 0.1) is 6.92 Å². The lowest BCUT2D eigenvalue weighted by molar-refractivity contribution is -0.120. The monoisotopic (exact) mass is 349 g/mol. The highest BCUT2D eigenvalue weighted by molar-refractivity contribution is 8.00. The maximum absolute atomic E-state index is 12.1. The Balaban J connectivity index is 1.69. The van der Waals surface area contributed by atoms with E-state index in [-0.39, 0.29) is 11.2 Å². The van der Waals surface area contributed by atoms with Gasteiger partial charge in [0.25, 0.3) is 0 Å². The van der Waals surface area contributed by atoms with Crippen LogP contribution in [0.4, 0.5) is 0 Å². The second-order valence-corrected chi connectivity index (χ2v) is 7.02. The maximum Gasteiger partial charge on any atom is 0.233 e. The van der Waals surface area contributed by atoms with Crippen molar-refractivity contribution in [1.29, 1.82) is 0 Å². The van der Waals surface area contributed by atoms with E-state index in [4.69, 9.17) is 16.3 Å². The second-order valence-electron chi connectivity index (χ2n) is 5.17. The quantitative estimate of drug-likeness (QED) is 0.597. The van der Waals surface area contributed by atoms with Crippen LogP contribution in [0.5, 0.6) is 5.75 Å². The zero-order valence-corrected chi connectivity index (χ0v) is 14.8. The van der Waals surface area contributed by atoms with Gasteiger partial charge in [0, 0.05) is 9.92 Å². The summed E-state index contributed by atoms with van der Waals surface area (Å²) in [7, 11) is 0. The van der Waals surface area contributed by atoms with Gasteiger partial charge in [-0.3, -0.25) is 4.79 Å². The van der Waals surface area contributed by atoms with Crippen molar-refractivity contribution < 1.29 is 9.53 Å². The van der Waals surface area contributed by atoms with Gasteiger partial charge in [-0.15, -0.1) is 11.8 Å². The van der Waals surface area contributed by atoms with Crippen LogP contribution < -0.4 is 10.1 Å². The van der Waals surface area contributed by atoms with Gasteiger partial charge in [0.05, 0.1) is 11.8 Å². The van der Waals surface area contributed by atoms with E-state index in [2.05, 4.69) is 5.32 Å². The van der Waals surface area contributed by atoms with Crippen molar-refractivity contribution in [2.75, 3.05) is 13.2 Å². The minimum Gasteiger partial charge on any atom is -0.492 e. The Morgan fingerprint density at radius 1 is 1.17 bits per heavy atom. The summed E-state index contributed by atoms with van der Waals surface area (Å²) in [5.74, 6) is 0.811. The highest BCUT2D eigenvalue weighted by Crippen LogP contribution is 2.24. The largest absolute Gasteiger partial charge is 0.492 e. The minimum absolute atomic E-state index is 0.00236. The van der Waals surface area contributed by atoms with Crippen LogP contribution in [0.2, 0.25) is 5.02 Å². The molecule has 5 heteroatoms. The molecule has 23 heavy (non-hydrogen) atoms. The molecule has 0 fully saturated rings.